The lowest BCUT2D eigenvalue weighted by Crippen LogP contribution is -2.26. The number of Topliss-reactive ketones (excluding diaryl/α,β-unsaturated/α-hetero) is 1. The highest BCUT2D eigenvalue weighted by atomic mass is 16.5. The summed E-state index contributed by atoms with van der Waals surface area (Å²) in [6.45, 7) is 4.98. The first kappa shape index (κ1) is 19.0. The zero-order valence-corrected chi connectivity index (χ0v) is 16.6. The van der Waals surface area contributed by atoms with Crippen molar-refractivity contribution < 1.29 is 14.3 Å². The normalized spacial score (nSPS) is 11.2. The van der Waals surface area contributed by atoms with Crippen LogP contribution in [0, 0.1) is 13.8 Å². The maximum absolute atomic E-state index is 12.9. The van der Waals surface area contributed by atoms with Crippen molar-refractivity contribution in [1.82, 2.24) is 9.88 Å². The first-order chi connectivity index (χ1) is 12.9. The van der Waals surface area contributed by atoms with Gasteiger partial charge in [-0.05, 0) is 50.2 Å². The third-order valence-corrected chi connectivity index (χ3v) is 4.87. The molecule has 0 unspecified atom stereocenters. The summed E-state index contributed by atoms with van der Waals surface area (Å²) < 4.78 is 10.8. The van der Waals surface area contributed by atoms with Gasteiger partial charge in [-0.1, -0.05) is 18.2 Å². The molecule has 0 spiro atoms. The van der Waals surface area contributed by atoms with E-state index in [1.54, 1.807) is 14.2 Å². The van der Waals surface area contributed by atoms with E-state index >= 15 is 0 Å². The third-order valence-electron chi connectivity index (χ3n) is 4.87. The lowest BCUT2D eigenvalue weighted by atomic mass is 10.0. The second-order valence-electron chi connectivity index (χ2n) is 6.90. The first-order valence-corrected chi connectivity index (χ1v) is 8.95. The number of aromatic nitrogens is 1. The van der Waals surface area contributed by atoms with Gasteiger partial charge >= 0.3 is 0 Å². The summed E-state index contributed by atoms with van der Waals surface area (Å²) >= 11 is 0. The quantitative estimate of drug-likeness (QED) is 0.639. The molecular weight excluding hydrogens is 340 g/mol. The molecule has 0 fully saturated rings. The number of aromatic amines is 1. The van der Waals surface area contributed by atoms with Crippen molar-refractivity contribution >= 4 is 16.7 Å². The van der Waals surface area contributed by atoms with Crippen molar-refractivity contribution in [2.45, 2.75) is 20.4 Å². The van der Waals surface area contributed by atoms with Gasteiger partial charge in [0.15, 0.2) is 17.3 Å². The largest absolute Gasteiger partial charge is 0.493 e. The van der Waals surface area contributed by atoms with Crippen molar-refractivity contribution in [2.24, 2.45) is 0 Å². The number of rotatable bonds is 7. The van der Waals surface area contributed by atoms with E-state index in [9.17, 15) is 4.79 Å². The van der Waals surface area contributed by atoms with E-state index in [4.69, 9.17) is 9.47 Å². The van der Waals surface area contributed by atoms with Gasteiger partial charge < -0.3 is 14.5 Å². The molecule has 0 radical (unpaired) electrons. The number of methoxy groups -OCH3 is 2. The van der Waals surface area contributed by atoms with Crippen LogP contribution in [-0.4, -0.2) is 43.5 Å². The number of carbonyl (C=O) groups excluding carboxylic acids is 1. The molecule has 0 atom stereocenters. The Morgan fingerprint density at radius 1 is 1.07 bits per heavy atom. The number of ether oxygens (including phenoxy) is 2. The zero-order chi connectivity index (χ0) is 19.6. The van der Waals surface area contributed by atoms with Gasteiger partial charge in [-0.15, -0.1) is 0 Å². The van der Waals surface area contributed by atoms with E-state index in [0.717, 1.165) is 33.3 Å². The molecule has 0 aliphatic rings. The Kier molecular flexibility index (Phi) is 5.51. The van der Waals surface area contributed by atoms with Crippen molar-refractivity contribution in [3.63, 3.8) is 0 Å². The molecule has 1 heterocycles. The van der Waals surface area contributed by atoms with Crippen LogP contribution >= 0.6 is 0 Å². The summed E-state index contributed by atoms with van der Waals surface area (Å²) in [7, 11) is 5.22. The fourth-order valence-electron chi connectivity index (χ4n) is 3.50. The molecule has 0 aliphatic heterocycles. The van der Waals surface area contributed by atoms with Crippen molar-refractivity contribution in [2.75, 3.05) is 27.8 Å². The molecule has 0 saturated carbocycles. The highest BCUT2D eigenvalue weighted by Crippen LogP contribution is 2.31. The molecule has 3 aromatic rings. The molecule has 0 aliphatic carbocycles. The summed E-state index contributed by atoms with van der Waals surface area (Å²) in [5, 5.41) is 0.982. The van der Waals surface area contributed by atoms with E-state index in [-0.39, 0.29) is 5.78 Å². The fourth-order valence-corrected chi connectivity index (χ4v) is 3.50. The molecule has 1 aromatic heterocycles. The molecule has 5 nitrogen and oxygen atoms in total. The van der Waals surface area contributed by atoms with Gasteiger partial charge in [-0.3, -0.25) is 9.69 Å². The third kappa shape index (κ3) is 3.83. The van der Waals surface area contributed by atoms with Gasteiger partial charge in [-0.2, -0.15) is 0 Å². The minimum atomic E-state index is 0.116. The SMILES string of the molecule is COc1cc(C)c(CN(C)CC(=O)c2c(C)[nH]c3ccccc23)cc1OC. The highest BCUT2D eigenvalue weighted by molar-refractivity contribution is 6.10. The van der Waals surface area contributed by atoms with Gasteiger partial charge in [-0.25, -0.2) is 0 Å². The minimum absolute atomic E-state index is 0.116. The molecular formula is C22H26N2O3. The summed E-state index contributed by atoms with van der Waals surface area (Å²) in [6.07, 6.45) is 0. The van der Waals surface area contributed by atoms with Crippen LogP contribution in [-0.2, 0) is 6.54 Å². The highest BCUT2D eigenvalue weighted by Gasteiger charge is 2.18. The van der Waals surface area contributed by atoms with Crippen LogP contribution in [0.4, 0.5) is 0 Å². The van der Waals surface area contributed by atoms with Crippen LogP contribution in [0.1, 0.15) is 27.2 Å². The molecule has 27 heavy (non-hydrogen) atoms. The van der Waals surface area contributed by atoms with Crippen molar-refractivity contribution in [3.05, 3.63) is 58.8 Å². The number of nitrogens with zero attached hydrogens (tertiary/aromatic N) is 1. The standard InChI is InChI=1S/C22H26N2O3/c1-14-10-20(26-4)21(27-5)11-16(14)12-24(3)13-19(25)22-15(2)23-18-9-7-6-8-17(18)22/h6-11,23H,12-13H2,1-5H3. The number of ketones is 1. The van der Waals surface area contributed by atoms with E-state index in [2.05, 4.69) is 4.98 Å². The number of benzene rings is 2. The van der Waals surface area contributed by atoms with Gasteiger partial charge in [0, 0.05) is 28.7 Å². The smallest absolute Gasteiger partial charge is 0.179 e. The van der Waals surface area contributed by atoms with Crippen molar-refractivity contribution in [1.29, 1.82) is 0 Å². The Labute approximate surface area is 159 Å². The molecule has 0 amide bonds. The molecule has 1 N–H and O–H groups in total. The number of para-hydroxylation sites is 1. The van der Waals surface area contributed by atoms with Crippen molar-refractivity contribution in [3.8, 4) is 11.5 Å². The Bertz CT molecular complexity index is 975. The summed E-state index contributed by atoms with van der Waals surface area (Å²) in [5.41, 5.74) is 4.91. The number of aryl methyl sites for hydroxylation is 2. The van der Waals surface area contributed by atoms with E-state index in [0.29, 0.717) is 24.6 Å². The van der Waals surface area contributed by atoms with Crippen LogP contribution in [0.2, 0.25) is 0 Å². The minimum Gasteiger partial charge on any atom is -0.493 e. The Morgan fingerprint density at radius 3 is 2.44 bits per heavy atom. The monoisotopic (exact) mass is 366 g/mol. The molecule has 3 rings (SSSR count). The van der Waals surface area contributed by atoms with Gasteiger partial charge in [0.1, 0.15) is 0 Å². The summed E-state index contributed by atoms with van der Waals surface area (Å²) in [4.78, 5) is 18.3. The van der Waals surface area contributed by atoms with Crippen LogP contribution in [0.15, 0.2) is 36.4 Å². The number of likely N-dealkylation sites (N-methyl/N-ethyl adjacent to an activating group) is 1. The average molecular weight is 366 g/mol. The topological polar surface area (TPSA) is 54.6 Å². The number of fused-ring (bicyclic) bond motifs is 1. The van der Waals surface area contributed by atoms with E-state index < -0.39 is 0 Å². The predicted octanol–water partition coefficient (Wildman–Crippen LogP) is 4.12. The second kappa shape index (κ2) is 7.84. The maximum Gasteiger partial charge on any atom is 0.179 e. The molecule has 142 valence electrons. The Hall–Kier alpha value is -2.79. The summed E-state index contributed by atoms with van der Waals surface area (Å²) in [5.74, 6) is 1.53. The maximum atomic E-state index is 12.9. The first-order valence-electron chi connectivity index (χ1n) is 8.95. The number of hydrogen-bond donors (Lipinski definition) is 1. The van der Waals surface area contributed by atoms with Gasteiger partial charge in [0.2, 0.25) is 0 Å². The number of H-pyrrole nitrogens is 1. The lowest BCUT2D eigenvalue weighted by molar-refractivity contribution is 0.0944. The average Bonchev–Trinajstić information content (AvgIpc) is 2.98. The lowest BCUT2D eigenvalue weighted by Gasteiger charge is -2.19. The molecule has 5 heteroatoms. The Morgan fingerprint density at radius 2 is 1.74 bits per heavy atom. The predicted molar refractivity (Wildman–Crippen MR) is 108 cm³/mol. The number of hydrogen-bond acceptors (Lipinski definition) is 4. The number of nitrogens with one attached hydrogen (secondary N) is 1. The van der Waals surface area contributed by atoms with Crippen LogP contribution in [0.25, 0.3) is 10.9 Å². The molecule has 0 bridgehead atoms. The van der Waals surface area contributed by atoms with Gasteiger partial charge in [0.05, 0.1) is 20.8 Å². The zero-order valence-electron chi connectivity index (χ0n) is 16.6. The fraction of sp³-hybridized carbons (Fsp3) is 0.318. The number of carbonyl (C=O) groups is 1. The Balaban J connectivity index is 1.78. The van der Waals surface area contributed by atoms with Gasteiger partial charge in [0.25, 0.3) is 0 Å². The van der Waals surface area contributed by atoms with Crippen LogP contribution < -0.4 is 9.47 Å². The molecule has 0 saturated heterocycles. The molecule has 2 aromatic carbocycles. The van der Waals surface area contributed by atoms with E-state index in [1.165, 1.54) is 0 Å². The summed E-state index contributed by atoms with van der Waals surface area (Å²) in [6, 6.07) is 11.9. The second-order valence-corrected chi connectivity index (χ2v) is 6.90. The van der Waals surface area contributed by atoms with Crippen LogP contribution in [0.5, 0.6) is 11.5 Å². The van der Waals surface area contributed by atoms with E-state index in [1.807, 2.05) is 62.2 Å². The van der Waals surface area contributed by atoms with Crippen LogP contribution in [0.3, 0.4) is 0 Å².